The number of nitrogens with one attached hydrogen (secondary N) is 2. The largest absolute Gasteiger partial charge is 0.496 e. The highest BCUT2D eigenvalue weighted by Gasteiger charge is 2.16. The van der Waals surface area contributed by atoms with Crippen molar-refractivity contribution in [1.82, 2.24) is 20.0 Å². The van der Waals surface area contributed by atoms with Crippen LogP contribution in [0.3, 0.4) is 0 Å². The minimum Gasteiger partial charge on any atom is -0.496 e. The second-order valence-corrected chi connectivity index (χ2v) is 7.56. The summed E-state index contributed by atoms with van der Waals surface area (Å²) in [5.74, 6) is 2.78. The SMILES string of the molecule is COc1cccc(OC)c1SNc1n[nH]c2cc(Cn3cc(CN)cn3)cc(OC)c12. The van der Waals surface area contributed by atoms with Crippen molar-refractivity contribution in [2.75, 3.05) is 26.1 Å². The lowest BCUT2D eigenvalue weighted by atomic mass is 10.1. The molecule has 0 spiro atoms. The molecule has 2 heterocycles. The molecule has 0 atom stereocenters. The Bertz CT molecular complexity index is 1170. The molecule has 0 saturated carbocycles. The Labute approximate surface area is 184 Å². The first-order valence-electron chi connectivity index (χ1n) is 9.57. The molecule has 4 aromatic rings. The van der Waals surface area contributed by atoms with Crippen LogP contribution in [0.2, 0.25) is 0 Å². The molecule has 0 saturated heterocycles. The number of aromatic nitrogens is 4. The number of benzene rings is 2. The normalized spacial score (nSPS) is 11.0. The topological polar surface area (TPSA) is 112 Å². The molecular formula is C21H24N6O3S. The van der Waals surface area contributed by atoms with Crippen molar-refractivity contribution in [3.63, 3.8) is 0 Å². The van der Waals surface area contributed by atoms with Gasteiger partial charge in [0.2, 0.25) is 0 Å². The van der Waals surface area contributed by atoms with Gasteiger partial charge in [-0.05, 0) is 41.8 Å². The number of rotatable bonds is 9. The van der Waals surface area contributed by atoms with Gasteiger partial charge < -0.3 is 24.7 Å². The molecule has 2 aromatic heterocycles. The van der Waals surface area contributed by atoms with E-state index in [0.29, 0.717) is 36.2 Å². The van der Waals surface area contributed by atoms with E-state index in [0.717, 1.165) is 26.9 Å². The first-order chi connectivity index (χ1) is 15.2. The van der Waals surface area contributed by atoms with Crippen molar-refractivity contribution in [3.05, 3.63) is 53.9 Å². The number of hydrogen-bond acceptors (Lipinski definition) is 8. The Balaban J connectivity index is 1.61. The van der Waals surface area contributed by atoms with Crippen LogP contribution in [0.5, 0.6) is 17.2 Å². The molecule has 162 valence electrons. The highest BCUT2D eigenvalue weighted by molar-refractivity contribution is 8.00. The van der Waals surface area contributed by atoms with E-state index >= 15 is 0 Å². The molecule has 2 aromatic carbocycles. The van der Waals surface area contributed by atoms with E-state index in [4.69, 9.17) is 19.9 Å². The molecular weight excluding hydrogens is 416 g/mol. The molecule has 0 radical (unpaired) electrons. The molecule has 4 rings (SSSR count). The van der Waals surface area contributed by atoms with E-state index in [1.54, 1.807) is 27.5 Å². The lowest BCUT2D eigenvalue weighted by molar-refractivity contribution is 0.376. The lowest BCUT2D eigenvalue weighted by Crippen LogP contribution is -2.01. The average Bonchev–Trinajstić information content (AvgIpc) is 3.43. The molecule has 0 amide bonds. The van der Waals surface area contributed by atoms with Gasteiger partial charge in [0.1, 0.15) is 22.1 Å². The summed E-state index contributed by atoms with van der Waals surface area (Å²) < 4.78 is 21.7. The maximum Gasteiger partial charge on any atom is 0.169 e. The molecule has 0 unspecified atom stereocenters. The maximum atomic E-state index is 5.68. The molecule has 0 aliphatic heterocycles. The van der Waals surface area contributed by atoms with E-state index < -0.39 is 0 Å². The van der Waals surface area contributed by atoms with Crippen molar-refractivity contribution in [2.45, 2.75) is 18.0 Å². The molecule has 0 fully saturated rings. The summed E-state index contributed by atoms with van der Waals surface area (Å²) in [6.07, 6.45) is 3.71. The predicted octanol–water partition coefficient (Wildman–Crippen LogP) is 3.41. The van der Waals surface area contributed by atoms with Gasteiger partial charge in [-0.1, -0.05) is 6.07 Å². The van der Waals surface area contributed by atoms with Crippen LogP contribution in [0.25, 0.3) is 10.9 Å². The van der Waals surface area contributed by atoms with Gasteiger partial charge in [0.15, 0.2) is 5.82 Å². The maximum absolute atomic E-state index is 5.68. The zero-order chi connectivity index (χ0) is 21.8. The van der Waals surface area contributed by atoms with Gasteiger partial charge in [0, 0.05) is 18.3 Å². The zero-order valence-electron chi connectivity index (χ0n) is 17.5. The number of anilines is 1. The summed E-state index contributed by atoms with van der Waals surface area (Å²) in [6.45, 7) is 1.06. The van der Waals surface area contributed by atoms with Gasteiger partial charge >= 0.3 is 0 Å². The van der Waals surface area contributed by atoms with Crippen LogP contribution in [0.4, 0.5) is 5.82 Å². The Morgan fingerprint density at radius 3 is 2.45 bits per heavy atom. The monoisotopic (exact) mass is 440 g/mol. The summed E-state index contributed by atoms with van der Waals surface area (Å²) in [4.78, 5) is 0.827. The summed E-state index contributed by atoms with van der Waals surface area (Å²) >= 11 is 1.36. The van der Waals surface area contributed by atoms with E-state index in [1.165, 1.54) is 11.9 Å². The van der Waals surface area contributed by atoms with Crippen LogP contribution >= 0.6 is 11.9 Å². The number of hydrogen-bond donors (Lipinski definition) is 3. The highest BCUT2D eigenvalue weighted by atomic mass is 32.2. The Morgan fingerprint density at radius 1 is 1.06 bits per heavy atom. The minimum atomic E-state index is 0.465. The van der Waals surface area contributed by atoms with E-state index in [2.05, 4.69) is 20.0 Å². The molecule has 0 aliphatic rings. The number of aromatic amines is 1. The second kappa shape index (κ2) is 9.19. The lowest BCUT2D eigenvalue weighted by Gasteiger charge is -2.13. The van der Waals surface area contributed by atoms with Crippen molar-refractivity contribution in [3.8, 4) is 17.2 Å². The van der Waals surface area contributed by atoms with Crippen LogP contribution < -0.4 is 24.7 Å². The molecule has 4 N–H and O–H groups in total. The highest BCUT2D eigenvalue weighted by Crippen LogP contribution is 2.40. The first-order valence-corrected chi connectivity index (χ1v) is 10.4. The molecule has 0 aliphatic carbocycles. The number of fused-ring (bicyclic) bond motifs is 1. The standard InChI is InChI=1S/C21H24N6O3S/c1-28-16-5-4-6-17(29-2)20(16)31-26-21-19-15(24-25-21)7-13(8-18(19)30-3)11-27-12-14(9-22)10-23-27/h4-8,10,12H,9,11,22H2,1-3H3,(H2,24,25,26). The Morgan fingerprint density at radius 2 is 1.81 bits per heavy atom. The number of nitrogens with zero attached hydrogens (tertiary/aromatic N) is 3. The third-order valence-corrected chi connectivity index (χ3v) is 5.71. The van der Waals surface area contributed by atoms with Gasteiger partial charge in [0.05, 0.1) is 45.0 Å². The van der Waals surface area contributed by atoms with Gasteiger partial charge in [-0.25, -0.2) is 0 Å². The van der Waals surface area contributed by atoms with Crippen molar-refractivity contribution < 1.29 is 14.2 Å². The molecule has 10 heteroatoms. The summed E-state index contributed by atoms with van der Waals surface area (Å²) in [7, 11) is 4.90. The third kappa shape index (κ3) is 4.25. The molecule has 9 nitrogen and oxygen atoms in total. The van der Waals surface area contributed by atoms with Crippen LogP contribution in [0.15, 0.2) is 47.6 Å². The fourth-order valence-corrected chi connectivity index (χ4v) is 4.16. The van der Waals surface area contributed by atoms with Crippen LogP contribution in [0.1, 0.15) is 11.1 Å². The summed E-state index contributed by atoms with van der Waals surface area (Å²) in [5.41, 5.74) is 8.56. The van der Waals surface area contributed by atoms with Gasteiger partial charge in [-0.3, -0.25) is 9.78 Å². The van der Waals surface area contributed by atoms with Gasteiger partial charge in [-0.2, -0.15) is 10.2 Å². The Hall–Kier alpha value is -3.37. The third-order valence-electron chi connectivity index (χ3n) is 4.81. The average molecular weight is 441 g/mol. The Kier molecular flexibility index (Phi) is 6.19. The van der Waals surface area contributed by atoms with Crippen LogP contribution in [-0.2, 0) is 13.1 Å². The fourth-order valence-electron chi connectivity index (χ4n) is 3.31. The minimum absolute atomic E-state index is 0.465. The number of methoxy groups -OCH3 is 3. The second-order valence-electron chi connectivity index (χ2n) is 6.74. The number of nitrogens with two attached hydrogens (primary N) is 1. The van der Waals surface area contributed by atoms with E-state index in [-0.39, 0.29) is 0 Å². The summed E-state index contributed by atoms with van der Waals surface area (Å²) in [6, 6.07) is 9.67. The quantitative estimate of drug-likeness (QED) is 0.340. The zero-order valence-corrected chi connectivity index (χ0v) is 18.3. The fraction of sp³-hybridized carbons (Fsp3) is 0.238. The number of H-pyrrole nitrogens is 1. The predicted molar refractivity (Wildman–Crippen MR) is 121 cm³/mol. The van der Waals surface area contributed by atoms with Crippen LogP contribution in [-0.4, -0.2) is 41.3 Å². The first kappa shape index (κ1) is 20.9. The molecule has 0 bridgehead atoms. The van der Waals surface area contributed by atoms with Crippen LogP contribution in [0, 0.1) is 0 Å². The van der Waals surface area contributed by atoms with E-state index in [1.807, 2.05) is 41.2 Å². The van der Waals surface area contributed by atoms with Crippen molar-refractivity contribution >= 4 is 28.7 Å². The van der Waals surface area contributed by atoms with Crippen molar-refractivity contribution in [1.29, 1.82) is 0 Å². The van der Waals surface area contributed by atoms with Gasteiger partial charge in [-0.15, -0.1) is 0 Å². The van der Waals surface area contributed by atoms with Crippen molar-refractivity contribution in [2.24, 2.45) is 5.73 Å². The number of ether oxygens (including phenoxy) is 3. The molecule has 31 heavy (non-hydrogen) atoms. The van der Waals surface area contributed by atoms with E-state index in [9.17, 15) is 0 Å². The van der Waals surface area contributed by atoms with Gasteiger partial charge in [0.25, 0.3) is 0 Å². The smallest absolute Gasteiger partial charge is 0.169 e. The summed E-state index contributed by atoms with van der Waals surface area (Å²) in [5, 5.41) is 12.7.